The van der Waals surface area contributed by atoms with Crippen molar-refractivity contribution in [2.45, 2.75) is 19.8 Å². The zero-order chi connectivity index (χ0) is 13.8. The summed E-state index contributed by atoms with van der Waals surface area (Å²) < 4.78 is 25.5. The van der Waals surface area contributed by atoms with Crippen LogP contribution in [0.5, 0.6) is 5.75 Å². The van der Waals surface area contributed by atoms with Crippen LogP contribution in [0.15, 0.2) is 18.2 Å². The fourth-order valence-electron chi connectivity index (χ4n) is 1.32. The standard InChI is InChI=1S/C11H15NO5S/c1-8-4-5-9(7-10(8)13)12-18(16,17)6-2-3-11(14)15/h4-5,7,12-13H,2-3,6H2,1H3,(H,14,15). The first-order chi connectivity index (χ1) is 8.30. The van der Waals surface area contributed by atoms with E-state index < -0.39 is 16.0 Å². The summed E-state index contributed by atoms with van der Waals surface area (Å²) >= 11 is 0. The smallest absolute Gasteiger partial charge is 0.303 e. The van der Waals surface area contributed by atoms with Gasteiger partial charge in [-0.25, -0.2) is 8.42 Å². The fourth-order valence-corrected chi connectivity index (χ4v) is 2.43. The Balaban J connectivity index is 2.64. The zero-order valence-corrected chi connectivity index (χ0v) is 10.7. The monoisotopic (exact) mass is 273 g/mol. The highest BCUT2D eigenvalue weighted by atomic mass is 32.2. The van der Waals surface area contributed by atoms with Crippen LogP contribution in [-0.4, -0.2) is 30.4 Å². The number of aryl methyl sites for hydroxylation is 1. The number of phenols is 1. The Morgan fingerprint density at radius 3 is 2.61 bits per heavy atom. The number of nitrogens with one attached hydrogen (secondary N) is 1. The molecule has 6 nitrogen and oxygen atoms in total. The predicted octanol–water partition coefficient (Wildman–Crippen LogP) is 1.31. The van der Waals surface area contributed by atoms with E-state index in [1.165, 1.54) is 12.1 Å². The molecule has 0 aliphatic rings. The molecule has 0 aliphatic heterocycles. The molecule has 0 unspecified atom stereocenters. The van der Waals surface area contributed by atoms with E-state index in [2.05, 4.69) is 4.72 Å². The second kappa shape index (κ2) is 5.72. The number of aromatic hydroxyl groups is 1. The van der Waals surface area contributed by atoms with Gasteiger partial charge in [0, 0.05) is 12.5 Å². The van der Waals surface area contributed by atoms with E-state index in [1.807, 2.05) is 0 Å². The largest absolute Gasteiger partial charge is 0.508 e. The molecular weight excluding hydrogens is 258 g/mol. The van der Waals surface area contributed by atoms with Gasteiger partial charge in [-0.15, -0.1) is 0 Å². The minimum Gasteiger partial charge on any atom is -0.508 e. The molecule has 1 aromatic carbocycles. The molecule has 0 fully saturated rings. The summed E-state index contributed by atoms with van der Waals surface area (Å²) in [4.78, 5) is 10.3. The van der Waals surface area contributed by atoms with Gasteiger partial charge < -0.3 is 10.2 Å². The molecule has 1 rings (SSSR count). The minimum atomic E-state index is -3.58. The average Bonchev–Trinajstić information content (AvgIpc) is 2.22. The molecular formula is C11H15NO5S. The third kappa shape index (κ3) is 4.62. The van der Waals surface area contributed by atoms with Crippen molar-refractivity contribution >= 4 is 21.7 Å². The number of carboxylic acids is 1. The summed E-state index contributed by atoms with van der Waals surface area (Å²) in [6.07, 6.45) is -0.150. The molecule has 0 atom stereocenters. The number of carboxylic acid groups (broad SMARTS) is 1. The van der Waals surface area contributed by atoms with Crippen LogP contribution in [0.4, 0.5) is 5.69 Å². The molecule has 0 heterocycles. The van der Waals surface area contributed by atoms with Gasteiger partial charge in [0.05, 0.1) is 11.4 Å². The summed E-state index contributed by atoms with van der Waals surface area (Å²) in [5.74, 6) is -1.30. The van der Waals surface area contributed by atoms with Crippen molar-refractivity contribution < 1.29 is 23.4 Å². The van der Waals surface area contributed by atoms with Crippen LogP contribution in [0.1, 0.15) is 18.4 Å². The van der Waals surface area contributed by atoms with E-state index in [4.69, 9.17) is 5.11 Å². The molecule has 3 N–H and O–H groups in total. The maximum atomic E-state index is 11.6. The van der Waals surface area contributed by atoms with Crippen LogP contribution in [0.3, 0.4) is 0 Å². The Morgan fingerprint density at radius 2 is 2.06 bits per heavy atom. The molecule has 100 valence electrons. The van der Waals surface area contributed by atoms with E-state index in [-0.39, 0.29) is 30.0 Å². The van der Waals surface area contributed by atoms with Crippen molar-refractivity contribution in [3.63, 3.8) is 0 Å². The van der Waals surface area contributed by atoms with Crippen LogP contribution in [0.2, 0.25) is 0 Å². The molecule has 0 amide bonds. The highest BCUT2D eigenvalue weighted by molar-refractivity contribution is 7.92. The summed E-state index contributed by atoms with van der Waals surface area (Å²) in [5.41, 5.74) is 0.900. The zero-order valence-electron chi connectivity index (χ0n) is 9.88. The molecule has 0 saturated heterocycles. The van der Waals surface area contributed by atoms with Gasteiger partial charge in [-0.2, -0.15) is 0 Å². The van der Waals surface area contributed by atoms with Crippen molar-refractivity contribution in [1.29, 1.82) is 0 Å². The van der Waals surface area contributed by atoms with E-state index in [9.17, 15) is 18.3 Å². The first-order valence-electron chi connectivity index (χ1n) is 5.32. The lowest BCUT2D eigenvalue weighted by Gasteiger charge is -2.08. The van der Waals surface area contributed by atoms with Crippen molar-refractivity contribution in [1.82, 2.24) is 0 Å². The summed E-state index contributed by atoms with van der Waals surface area (Å²) in [7, 11) is -3.58. The topological polar surface area (TPSA) is 104 Å². The lowest BCUT2D eigenvalue weighted by molar-refractivity contribution is -0.137. The first-order valence-corrected chi connectivity index (χ1v) is 6.97. The fraction of sp³-hybridized carbons (Fsp3) is 0.364. The molecule has 0 spiro atoms. The van der Waals surface area contributed by atoms with Crippen LogP contribution in [0, 0.1) is 6.92 Å². The molecule has 7 heteroatoms. The summed E-state index contributed by atoms with van der Waals surface area (Å²) in [6, 6.07) is 4.43. The normalized spacial score (nSPS) is 11.2. The second-order valence-electron chi connectivity index (χ2n) is 3.92. The third-order valence-electron chi connectivity index (χ3n) is 2.29. The van der Waals surface area contributed by atoms with Gasteiger partial charge in [0.2, 0.25) is 10.0 Å². The maximum Gasteiger partial charge on any atom is 0.303 e. The molecule has 1 aromatic rings. The predicted molar refractivity (Wildman–Crippen MR) is 67.1 cm³/mol. The highest BCUT2D eigenvalue weighted by Gasteiger charge is 2.12. The molecule has 18 heavy (non-hydrogen) atoms. The second-order valence-corrected chi connectivity index (χ2v) is 5.76. The molecule has 0 aromatic heterocycles. The maximum absolute atomic E-state index is 11.6. The number of aliphatic carboxylic acids is 1. The number of rotatable bonds is 6. The summed E-state index contributed by atoms with van der Waals surface area (Å²) in [6.45, 7) is 1.69. The average molecular weight is 273 g/mol. The molecule has 0 aliphatic carbocycles. The number of carbonyl (C=O) groups is 1. The molecule has 0 radical (unpaired) electrons. The number of phenolic OH excluding ortho intramolecular Hbond substituents is 1. The van der Waals surface area contributed by atoms with Gasteiger partial charge in [0.15, 0.2) is 0 Å². The van der Waals surface area contributed by atoms with Gasteiger partial charge in [0.1, 0.15) is 5.75 Å². The Bertz CT molecular complexity index is 538. The van der Waals surface area contributed by atoms with Crippen LogP contribution < -0.4 is 4.72 Å². The Kier molecular flexibility index (Phi) is 4.55. The molecule has 0 bridgehead atoms. The van der Waals surface area contributed by atoms with Crippen molar-refractivity contribution in [2.75, 3.05) is 10.5 Å². The SMILES string of the molecule is Cc1ccc(NS(=O)(=O)CCCC(=O)O)cc1O. The van der Waals surface area contributed by atoms with E-state index in [0.717, 1.165) is 0 Å². The van der Waals surface area contributed by atoms with Crippen molar-refractivity contribution in [2.24, 2.45) is 0 Å². The van der Waals surface area contributed by atoms with Gasteiger partial charge in [-0.05, 0) is 25.0 Å². The quantitative estimate of drug-likeness (QED) is 0.725. The highest BCUT2D eigenvalue weighted by Crippen LogP contribution is 2.21. The van der Waals surface area contributed by atoms with Crippen LogP contribution in [0.25, 0.3) is 0 Å². The van der Waals surface area contributed by atoms with Gasteiger partial charge in [0.25, 0.3) is 0 Å². The number of sulfonamides is 1. The number of anilines is 1. The number of benzene rings is 1. The Hall–Kier alpha value is -1.76. The van der Waals surface area contributed by atoms with E-state index in [1.54, 1.807) is 13.0 Å². The first kappa shape index (κ1) is 14.3. The van der Waals surface area contributed by atoms with Crippen molar-refractivity contribution in [3.05, 3.63) is 23.8 Å². The lowest BCUT2D eigenvalue weighted by atomic mass is 10.2. The van der Waals surface area contributed by atoms with Crippen LogP contribution >= 0.6 is 0 Å². The van der Waals surface area contributed by atoms with Crippen molar-refractivity contribution in [3.8, 4) is 5.75 Å². The van der Waals surface area contributed by atoms with Gasteiger partial charge in [-0.1, -0.05) is 6.07 Å². The summed E-state index contributed by atoms with van der Waals surface area (Å²) in [5, 5.41) is 17.9. The minimum absolute atomic E-state index is 0.000681. The van der Waals surface area contributed by atoms with Crippen LogP contribution in [-0.2, 0) is 14.8 Å². The van der Waals surface area contributed by atoms with E-state index >= 15 is 0 Å². The van der Waals surface area contributed by atoms with Gasteiger partial charge >= 0.3 is 5.97 Å². The Morgan fingerprint density at radius 1 is 1.39 bits per heavy atom. The Labute approximate surface area is 105 Å². The third-order valence-corrected chi connectivity index (χ3v) is 3.66. The number of hydrogen-bond acceptors (Lipinski definition) is 4. The molecule has 0 saturated carbocycles. The van der Waals surface area contributed by atoms with E-state index in [0.29, 0.717) is 5.56 Å². The lowest BCUT2D eigenvalue weighted by Crippen LogP contribution is -2.17. The number of hydrogen-bond donors (Lipinski definition) is 3. The van der Waals surface area contributed by atoms with Gasteiger partial charge in [-0.3, -0.25) is 9.52 Å².